The third-order valence-corrected chi connectivity index (χ3v) is 4.84. The summed E-state index contributed by atoms with van der Waals surface area (Å²) in [6.07, 6.45) is 1.84. The second-order valence-corrected chi connectivity index (χ2v) is 7.14. The quantitative estimate of drug-likeness (QED) is 0.800. The summed E-state index contributed by atoms with van der Waals surface area (Å²) in [5, 5.41) is 1.13. The van der Waals surface area contributed by atoms with Crippen molar-refractivity contribution in [2.24, 2.45) is 0 Å². The van der Waals surface area contributed by atoms with Gasteiger partial charge in [-0.2, -0.15) is 0 Å². The average molecular weight is 366 g/mol. The average Bonchev–Trinajstić information content (AvgIpc) is 2.58. The zero-order valence-corrected chi connectivity index (χ0v) is 15.4. The number of ether oxygens (including phenoxy) is 1. The Balaban J connectivity index is 1.69. The molecule has 1 atom stereocenters. The first kappa shape index (κ1) is 17.6. The smallest absolute Gasteiger partial charge is 0.131 e. The van der Waals surface area contributed by atoms with Crippen molar-refractivity contribution in [3.8, 4) is 0 Å². The summed E-state index contributed by atoms with van der Waals surface area (Å²) in [4.78, 5) is 11.3. The molecule has 1 aliphatic heterocycles. The first-order chi connectivity index (χ1) is 11.5. The maximum absolute atomic E-state index is 6.13. The van der Waals surface area contributed by atoms with E-state index >= 15 is 0 Å². The fourth-order valence-corrected chi connectivity index (χ4v) is 3.08. The lowest BCUT2D eigenvalue weighted by Crippen LogP contribution is -2.38. The molecule has 0 amide bonds. The van der Waals surface area contributed by atoms with E-state index in [2.05, 4.69) is 28.7 Å². The third kappa shape index (κ3) is 4.25. The van der Waals surface area contributed by atoms with Crippen LogP contribution in [0.3, 0.4) is 0 Å². The van der Waals surface area contributed by atoms with Crippen LogP contribution < -0.4 is 0 Å². The van der Waals surface area contributed by atoms with E-state index in [0.717, 1.165) is 36.7 Å². The lowest BCUT2D eigenvalue weighted by molar-refractivity contribution is -0.0333. The van der Waals surface area contributed by atoms with Crippen LogP contribution in [0.2, 0.25) is 10.0 Å². The van der Waals surface area contributed by atoms with E-state index in [1.807, 2.05) is 30.5 Å². The molecule has 1 aliphatic rings. The number of aromatic nitrogens is 2. The minimum Gasteiger partial charge on any atom is -0.371 e. The standard InChI is InChI=1S/C18H21Cl2N3O/c1-12(2)18-21-6-5-14(22-18)10-23-7-8-24-17(11-23)13-3-4-15(19)16(20)9-13/h3-6,9,12,17H,7-8,10-11H2,1-2H3. The Morgan fingerprint density at radius 1 is 1.25 bits per heavy atom. The second kappa shape index (κ2) is 7.79. The highest BCUT2D eigenvalue weighted by Gasteiger charge is 2.23. The van der Waals surface area contributed by atoms with Crippen LogP contribution in [0, 0.1) is 0 Å². The van der Waals surface area contributed by atoms with Crippen LogP contribution in [0.25, 0.3) is 0 Å². The van der Waals surface area contributed by atoms with Crippen LogP contribution in [0.4, 0.5) is 0 Å². The van der Waals surface area contributed by atoms with Crippen LogP contribution >= 0.6 is 23.2 Å². The van der Waals surface area contributed by atoms with E-state index in [4.69, 9.17) is 27.9 Å². The minimum absolute atomic E-state index is 0.0000712. The minimum atomic E-state index is -0.0000712. The Bertz CT molecular complexity index is 708. The molecule has 1 fully saturated rings. The summed E-state index contributed by atoms with van der Waals surface area (Å²) in [7, 11) is 0. The van der Waals surface area contributed by atoms with Crippen LogP contribution in [0.15, 0.2) is 30.5 Å². The van der Waals surface area contributed by atoms with Crippen molar-refractivity contribution in [2.45, 2.75) is 32.4 Å². The highest BCUT2D eigenvalue weighted by molar-refractivity contribution is 6.42. The maximum Gasteiger partial charge on any atom is 0.131 e. The molecule has 128 valence electrons. The van der Waals surface area contributed by atoms with Gasteiger partial charge in [0.05, 0.1) is 28.5 Å². The van der Waals surface area contributed by atoms with Gasteiger partial charge in [0.1, 0.15) is 5.82 Å². The fourth-order valence-electron chi connectivity index (χ4n) is 2.77. The van der Waals surface area contributed by atoms with Crippen molar-refractivity contribution in [3.05, 3.63) is 57.6 Å². The molecule has 2 heterocycles. The van der Waals surface area contributed by atoms with Crippen molar-refractivity contribution in [3.63, 3.8) is 0 Å². The van der Waals surface area contributed by atoms with Gasteiger partial charge in [0, 0.05) is 31.7 Å². The molecule has 1 unspecified atom stereocenters. The predicted molar refractivity (Wildman–Crippen MR) is 96.6 cm³/mol. The molecule has 0 spiro atoms. The summed E-state index contributed by atoms with van der Waals surface area (Å²) >= 11 is 12.1. The second-order valence-electron chi connectivity index (χ2n) is 6.33. The van der Waals surface area contributed by atoms with E-state index in [0.29, 0.717) is 22.6 Å². The normalized spacial score (nSPS) is 19.0. The van der Waals surface area contributed by atoms with Crippen molar-refractivity contribution < 1.29 is 4.74 Å². The Morgan fingerprint density at radius 3 is 2.83 bits per heavy atom. The van der Waals surface area contributed by atoms with Gasteiger partial charge < -0.3 is 4.74 Å². The molecule has 0 aliphatic carbocycles. The summed E-state index contributed by atoms with van der Waals surface area (Å²) in [6.45, 7) is 7.39. The van der Waals surface area contributed by atoms with E-state index in [1.54, 1.807) is 0 Å². The SMILES string of the molecule is CC(C)c1nccc(CN2CCOC(c3ccc(Cl)c(Cl)c3)C2)n1. The first-order valence-corrected chi connectivity index (χ1v) is 8.89. The summed E-state index contributed by atoms with van der Waals surface area (Å²) in [5.74, 6) is 1.22. The van der Waals surface area contributed by atoms with Crippen molar-refractivity contribution in [1.82, 2.24) is 14.9 Å². The molecule has 0 radical (unpaired) electrons. The topological polar surface area (TPSA) is 38.2 Å². The number of hydrogen-bond donors (Lipinski definition) is 0. The monoisotopic (exact) mass is 365 g/mol. The van der Waals surface area contributed by atoms with Gasteiger partial charge in [-0.1, -0.05) is 43.1 Å². The Kier molecular flexibility index (Phi) is 5.72. The molecule has 1 aromatic carbocycles. The molecule has 4 nitrogen and oxygen atoms in total. The van der Waals surface area contributed by atoms with E-state index in [-0.39, 0.29) is 6.10 Å². The van der Waals surface area contributed by atoms with Gasteiger partial charge >= 0.3 is 0 Å². The zero-order chi connectivity index (χ0) is 17.1. The van der Waals surface area contributed by atoms with Gasteiger partial charge in [-0.15, -0.1) is 0 Å². The highest BCUT2D eigenvalue weighted by Crippen LogP contribution is 2.29. The summed E-state index contributed by atoms with van der Waals surface area (Å²) in [6, 6.07) is 7.67. The molecular formula is C18H21Cl2N3O. The van der Waals surface area contributed by atoms with Crippen LogP contribution in [-0.4, -0.2) is 34.6 Å². The van der Waals surface area contributed by atoms with Crippen molar-refractivity contribution in [2.75, 3.05) is 19.7 Å². The number of hydrogen-bond acceptors (Lipinski definition) is 4. The Labute approximate surface area is 152 Å². The van der Waals surface area contributed by atoms with Crippen LogP contribution in [-0.2, 0) is 11.3 Å². The van der Waals surface area contributed by atoms with Crippen molar-refractivity contribution in [1.29, 1.82) is 0 Å². The van der Waals surface area contributed by atoms with Crippen LogP contribution in [0.5, 0.6) is 0 Å². The van der Waals surface area contributed by atoms with Crippen molar-refractivity contribution >= 4 is 23.2 Å². The number of benzene rings is 1. The van der Waals surface area contributed by atoms with E-state index in [1.165, 1.54) is 0 Å². The molecule has 0 bridgehead atoms. The van der Waals surface area contributed by atoms with Crippen LogP contribution in [0.1, 0.15) is 43.0 Å². The first-order valence-electron chi connectivity index (χ1n) is 8.13. The molecule has 2 aromatic rings. The highest BCUT2D eigenvalue weighted by atomic mass is 35.5. The number of halogens is 2. The molecule has 1 saturated heterocycles. The predicted octanol–water partition coefficient (Wildman–Crippen LogP) is 4.48. The Hall–Kier alpha value is -1.20. The largest absolute Gasteiger partial charge is 0.371 e. The lowest BCUT2D eigenvalue weighted by Gasteiger charge is -2.33. The molecule has 24 heavy (non-hydrogen) atoms. The van der Waals surface area contributed by atoms with Gasteiger partial charge in [-0.25, -0.2) is 9.97 Å². The molecular weight excluding hydrogens is 345 g/mol. The molecule has 3 rings (SSSR count). The Morgan fingerprint density at radius 2 is 2.08 bits per heavy atom. The fraction of sp³-hybridized carbons (Fsp3) is 0.444. The number of rotatable bonds is 4. The van der Waals surface area contributed by atoms with Gasteiger partial charge in [-0.3, -0.25) is 4.90 Å². The maximum atomic E-state index is 6.13. The number of nitrogens with zero attached hydrogens (tertiary/aromatic N) is 3. The van der Waals surface area contributed by atoms with Gasteiger partial charge in [0.25, 0.3) is 0 Å². The van der Waals surface area contributed by atoms with Gasteiger partial charge in [0.15, 0.2) is 0 Å². The van der Waals surface area contributed by atoms with Gasteiger partial charge in [0.2, 0.25) is 0 Å². The summed E-state index contributed by atoms with van der Waals surface area (Å²) < 4.78 is 5.91. The lowest BCUT2D eigenvalue weighted by atomic mass is 10.1. The van der Waals surface area contributed by atoms with Gasteiger partial charge in [-0.05, 0) is 23.8 Å². The molecule has 1 aromatic heterocycles. The third-order valence-electron chi connectivity index (χ3n) is 4.10. The summed E-state index contributed by atoms with van der Waals surface area (Å²) in [5.41, 5.74) is 2.10. The zero-order valence-electron chi connectivity index (χ0n) is 13.9. The van der Waals surface area contributed by atoms with E-state index in [9.17, 15) is 0 Å². The molecule has 6 heteroatoms. The molecule has 0 saturated carbocycles. The number of morpholine rings is 1. The molecule has 0 N–H and O–H groups in total. The van der Waals surface area contributed by atoms with E-state index < -0.39 is 0 Å².